The predicted molar refractivity (Wildman–Crippen MR) is 66.2 cm³/mol. The average Bonchev–Trinajstić information content (AvgIpc) is 2.34. The Labute approximate surface area is 105 Å². The van der Waals surface area contributed by atoms with Crippen molar-refractivity contribution < 1.29 is 8.78 Å². The number of hydrogen-bond donors (Lipinski definition) is 1. The zero-order valence-corrected chi connectivity index (χ0v) is 10.2. The first-order valence-corrected chi connectivity index (χ1v) is 5.67. The molecule has 2 nitrogen and oxygen atoms in total. The Morgan fingerprint density at radius 2 is 1.83 bits per heavy atom. The van der Waals surface area contributed by atoms with Crippen LogP contribution in [0.2, 0.25) is 0 Å². The van der Waals surface area contributed by atoms with Gasteiger partial charge >= 0.3 is 0 Å². The van der Waals surface area contributed by atoms with Crippen LogP contribution in [0, 0.1) is 18.6 Å². The van der Waals surface area contributed by atoms with Crippen LogP contribution in [0.5, 0.6) is 0 Å². The van der Waals surface area contributed by atoms with Crippen LogP contribution in [-0.2, 0) is 0 Å². The van der Waals surface area contributed by atoms with Crippen molar-refractivity contribution in [2.24, 2.45) is 0 Å². The number of rotatable bonds is 3. The lowest BCUT2D eigenvalue weighted by Crippen LogP contribution is -2.20. The SMILES string of the molecule is CNC(c1ccnc(C)c1)c1c(F)cccc1F. The molecule has 0 amide bonds. The molecule has 0 bridgehead atoms. The van der Waals surface area contributed by atoms with E-state index in [-0.39, 0.29) is 5.56 Å². The summed E-state index contributed by atoms with van der Waals surface area (Å²) in [5.74, 6) is -1.10. The molecule has 0 aliphatic heterocycles. The highest BCUT2D eigenvalue weighted by atomic mass is 19.1. The van der Waals surface area contributed by atoms with Gasteiger partial charge in [-0.3, -0.25) is 4.98 Å². The molecule has 18 heavy (non-hydrogen) atoms. The zero-order valence-electron chi connectivity index (χ0n) is 10.2. The Morgan fingerprint density at radius 1 is 1.17 bits per heavy atom. The van der Waals surface area contributed by atoms with Gasteiger partial charge in [0.25, 0.3) is 0 Å². The summed E-state index contributed by atoms with van der Waals surface area (Å²) in [4.78, 5) is 4.08. The smallest absolute Gasteiger partial charge is 0.131 e. The van der Waals surface area contributed by atoms with Crippen LogP contribution in [0.25, 0.3) is 0 Å². The van der Waals surface area contributed by atoms with Gasteiger partial charge in [-0.15, -0.1) is 0 Å². The summed E-state index contributed by atoms with van der Waals surface area (Å²) in [5, 5.41) is 2.94. The van der Waals surface area contributed by atoms with Crippen molar-refractivity contribution in [3.05, 3.63) is 65.0 Å². The quantitative estimate of drug-likeness (QED) is 0.903. The van der Waals surface area contributed by atoms with Gasteiger partial charge in [0.15, 0.2) is 0 Å². The fourth-order valence-corrected chi connectivity index (χ4v) is 2.01. The molecule has 2 rings (SSSR count). The van der Waals surface area contributed by atoms with Crippen LogP contribution in [-0.4, -0.2) is 12.0 Å². The minimum Gasteiger partial charge on any atom is -0.309 e. The van der Waals surface area contributed by atoms with E-state index in [0.717, 1.165) is 11.3 Å². The van der Waals surface area contributed by atoms with Gasteiger partial charge in [-0.25, -0.2) is 8.78 Å². The fraction of sp³-hybridized carbons (Fsp3) is 0.214. The van der Waals surface area contributed by atoms with Crippen LogP contribution in [0.4, 0.5) is 8.78 Å². The second-order valence-corrected chi connectivity index (χ2v) is 4.09. The lowest BCUT2D eigenvalue weighted by atomic mass is 9.98. The molecule has 0 aliphatic rings. The van der Waals surface area contributed by atoms with Crippen LogP contribution < -0.4 is 5.32 Å². The van der Waals surface area contributed by atoms with E-state index in [2.05, 4.69) is 10.3 Å². The molecule has 1 heterocycles. The summed E-state index contributed by atoms with van der Waals surface area (Å²) in [5.41, 5.74) is 1.63. The number of aromatic nitrogens is 1. The minimum atomic E-state index is -0.552. The molecule has 0 spiro atoms. The van der Waals surface area contributed by atoms with Gasteiger partial charge in [0.2, 0.25) is 0 Å². The van der Waals surface area contributed by atoms with E-state index in [1.165, 1.54) is 18.2 Å². The Kier molecular flexibility index (Phi) is 3.67. The molecule has 1 unspecified atom stereocenters. The highest BCUT2D eigenvalue weighted by molar-refractivity contribution is 5.33. The predicted octanol–water partition coefficient (Wildman–Crippen LogP) is 2.98. The summed E-state index contributed by atoms with van der Waals surface area (Å²) in [6.07, 6.45) is 1.63. The van der Waals surface area contributed by atoms with Crippen LogP contribution >= 0.6 is 0 Å². The molecule has 1 atom stereocenters. The maximum atomic E-state index is 13.8. The molecular weight excluding hydrogens is 234 g/mol. The first kappa shape index (κ1) is 12.6. The summed E-state index contributed by atoms with van der Waals surface area (Å²) in [6.45, 7) is 1.84. The van der Waals surface area contributed by atoms with Gasteiger partial charge in [0, 0.05) is 17.5 Å². The van der Waals surface area contributed by atoms with Gasteiger partial charge in [0.1, 0.15) is 11.6 Å². The lowest BCUT2D eigenvalue weighted by Gasteiger charge is -2.18. The molecule has 0 saturated heterocycles. The molecule has 2 aromatic rings. The average molecular weight is 248 g/mol. The molecule has 1 aromatic carbocycles. The number of nitrogens with zero attached hydrogens (tertiary/aromatic N) is 1. The van der Waals surface area contributed by atoms with E-state index in [1.54, 1.807) is 19.3 Å². The molecule has 1 aromatic heterocycles. The Balaban J connectivity index is 2.52. The van der Waals surface area contributed by atoms with Crippen molar-refractivity contribution in [2.75, 3.05) is 7.05 Å². The fourth-order valence-electron chi connectivity index (χ4n) is 2.01. The number of aryl methyl sites for hydroxylation is 1. The van der Waals surface area contributed by atoms with Crippen molar-refractivity contribution in [1.82, 2.24) is 10.3 Å². The van der Waals surface area contributed by atoms with Gasteiger partial charge in [-0.05, 0) is 43.8 Å². The third-order valence-corrected chi connectivity index (χ3v) is 2.83. The molecule has 4 heteroatoms. The number of hydrogen-bond acceptors (Lipinski definition) is 2. The number of halogens is 2. The first-order chi connectivity index (χ1) is 8.63. The van der Waals surface area contributed by atoms with Crippen molar-refractivity contribution in [3.63, 3.8) is 0 Å². The van der Waals surface area contributed by atoms with E-state index in [4.69, 9.17) is 0 Å². The molecule has 0 radical (unpaired) electrons. The third-order valence-electron chi connectivity index (χ3n) is 2.83. The van der Waals surface area contributed by atoms with Gasteiger partial charge in [0.05, 0.1) is 6.04 Å². The largest absolute Gasteiger partial charge is 0.309 e. The molecule has 0 fully saturated rings. The van der Waals surface area contributed by atoms with Gasteiger partial charge < -0.3 is 5.32 Å². The number of pyridine rings is 1. The Hall–Kier alpha value is -1.81. The highest BCUT2D eigenvalue weighted by Crippen LogP contribution is 2.26. The first-order valence-electron chi connectivity index (χ1n) is 5.67. The maximum Gasteiger partial charge on any atom is 0.131 e. The Morgan fingerprint density at radius 3 is 2.39 bits per heavy atom. The normalized spacial score (nSPS) is 12.4. The third kappa shape index (κ3) is 2.38. The summed E-state index contributed by atoms with van der Waals surface area (Å²) < 4.78 is 27.6. The van der Waals surface area contributed by atoms with Crippen molar-refractivity contribution in [2.45, 2.75) is 13.0 Å². The van der Waals surface area contributed by atoms with Crippen molar-refractivity contribution in [1.29, 1.82) is 0 Å². The second-order valence-electron chi connectivity index (χ2n) is 4.09. The van der Waals surface area contributed by atoms with E-state index in [1.807, 2.05) is 13.0 Å². The molecular formula is C14H14F2N2. The molecule has 0 saturated carbocycles. The number of nitrogens with one attached hydrogen (secondary N) is 1. The lowest BCUT2D eigenvalue weighted by molar-refractivity contribution is 0.522. The monoisotopic (exact) mass is 248 g/mol. The zero-order chi connectivity index (χ0) is 13.1. The van der Waals surface area contributed by atoms with Crippen molar-refractivity contribution in [3.8, 4) is 0 Å². The van der Waals surface area contributed by atoms with E-state index in [0.29, 0.717) is 0 Å². The molecule has 0 aliphatic carbocycles. The molecule has 94 valence electrons. The topological polar surface area (TPSA) is 24.9 Å². The van der Waals surface area contributed by atoms with Crippen LogP contribution in [0.1, 0.15) is 22.9 Å². The highest BCUT2D eigenvalue weighted by Gasteiger charge is 2.20. The standard InChI is InChI=1S/C14H14F2N2/c1-9-8-10(6-7-18-9)14(17-2)13-11(15)4-3-5-12(13)16/h3-8,14,17H,1-2H3. The maximum absolute atomic E-state index is 13.8. The second kappa shape index (κ2) is 5.23. The molecule has 1 N–H and O–H groups in total. The van der Waals surface area contributed by atoms with Gasteiger partial charge in [-0.1, -0.05) is 6.07 Å². The van der Waals surface area contributed by atoms with Crippen LogP contribution in [0.15, 0.2) is 36.5 Å². The summed E-state index contributed by atoms with van der Waals surface area (Å²) in [6, 6.07) is 6.92. The van der Waals surface area contributed by atoms with Crippen molar-refractivity contribution >= 4 is 0 Å². The van der Waals surface area contributed by atoms with E-state index < -0.39 is 17.7 Å². The van der Waals surface area contributed by atoms with E-state index >= 15 is 0 Å². The van der Waals surface area contributed by atoms with Crippen LogP contribution in [0.3, 0.4) is 0 Å². The van der Waals surface area contributed by atoms with Gasteiger partial charge in [-0.2, -0.15) is 0 Å². The minimum absolute atomic E-state index is 0.0330. The summed E-state index contributed by atoms with van der Waals surface area (Å²) >= 11 is 0. The Bertz CT molecular complexity index is 535. The summed E-state index contributed by atoms with van der Waals surface area (Å²) in [7, 11) is 1.67. The number of benzene rings is 1. The van der Waals surface area contributed by atoms with E-state index in [9.17, 15) is 8.78 Å².